The highest BCUT2D eigenvalue weighted by Crippen LogP contribution is 2.36. The molecule has 3 aromatic rings. The van der Waals surface area contributed by atoms with Gasteiger partial charge in [0.25, 0.3) is 5.91 Å². The normalized spacial score (nSPS) is 17.3. The molecule has 0 atom stereocenters. The van der Waals surface area contributed by atoms with Gasteiger partial charge >= 0.3 is 0 Å². The van der Waals surface area contributed by atoms with Gasteiger partial charge in [-0.25, -0.2) is 4.99 Å². The minimum absolute atomic E-state index is 0.0672. The number of methoxy groups -OCH3 is 1. The number of anilines is 1. The van der Waals surface area contributed by atoms with Crippen molar-refractivity contribution in [3.05, 3.63) is 52.6 Å². The second-order valence-electron chi connectivity index (χ2n) is 8.28. The van der Waals surface area contributed by atoms with E-state index in [0.29, 0.717) is 11.8 Å². The van der Waals surface area contributed by atoms with Crippen LogP contribution in [0, 0.1) is 0 Å². The van der Waals surface area contributed by atoms with Gasteiger partial charge in [-0.05, 0) is 55.3 Å². The van der Waals surface area contributed by atoms with Crippen molar-refractivity contribution in [2.24, 2.45) is 4.99 Å². The first kappa shape index (κ1) is 20.8. The van der Waals surface area contributed by atoms with Crippen molar-refractivity contribution in [2.45, 2.75) is 44.6 Å². The molecule has 32 heavy (non-hydrogen) atoms. The summed E-state index contributed by atoms with van der Waals surface area (Å²) in [6.07, 6.45) is 7.38. The van der Waals surface area contributed by atoms with E-state index in [0.717, 1.165) is 46.0 Å². The maximum atomic E-state index is 11.8. The number of hydrogen-bond donors (Lipinski definition) is 1. The number of benzene rings is 2. The van der Waals surface area contributed by atoms with Crippen LogP contribution in [0.4, 0.5) is 11.4 Å². The Kier molecular flexibility index (Phi) is 5.99. The molecule has 0 saturated heterocycles. The van der Waals surface area contributed by atoms with Crippen LogP contribution in [0.2, 0.25) is 0 Å². The average molecular weight is 450 g/mol. The van der Waals surface area contributed by atoms with E-state index in [2.05, 4.69) is 21.3 Å². The summed E-state index contributed by atoms with van der Waals surface area (Å²) in [5.74, 6) is 1.42. The Morgan fingerprint density at radius 1 is 1.09 bits per heavy atom. The number of thiazole rings is 1. The summed E-state index contributed by atoms with van der Waals surface area (Å²) in [5.41, 5.74) is 3.83. The maximum Gasteiger partial charge on any atom is 0.262 e. The lowest BCUT2D eigenvalue weighted by Gasteiger charge is -2.22. The molecule has 1 saturated carbocycles. The zero-order valence-electron chi connectivity index (χ0n) is 18.2. The summed E-state index contributed by atoms with van der Waals surface area (Å²) in [4.78, 5) is 17.8. The number of nitrogens with zero attached hydrogens (tertiary/aromatic N) is 2. The van der Waals surface area contributed by atoms with E-state index < -0.39 is 0 Å². The standard InChI is InChI=1S/C25H27N3O3S/c1-30-20-11-9-18(10-12-20)26-25-28(19-6-4-2-3-5-7-19)22(16-32-25)17-8-13-23-21(14-17)27-24(29)15-31-23/h8-14,16,19H,2-7,15H2,1H3,(H,27,29). The molecule has 0 bridgehead atoms. The van der Waals surface area contributed by atoms with Crippen LogP contribution in [0.15, 0.2) is 52.8 Å². The monoisotopic (exact) mass is 449 g/mol. The maximum absolute atomic E-state index is 11.8. The fourth-order valence-corrected chi connectivity index (χ4v) is 5.48. The lowest BCUT2D eigenvalue weighted by atomic mass is 10.1. The Balaban J connectivity index is 1.60. The largest absolute Gasteiger partial charge is 0.497 e. The van der Waals surface area contributed by atoms with E-state index in [1.54, 1.807) is 18.4 Å². The molecule has 2 aromatic carbocycles. The Bertz CT molecular complexity index is 1170. The topological polar surface area (TPSA) is 64.8 Å². The second kappa shape index (κ2) is 9.20. The molecule has 5 rings (SSSR count). The van der Waals surface area contributed by atoms with E-state index in [4.69, 9.17) is 14.5 Å². The van der Waals surface area contributed by atoms with Crippen molar-refractivity contribution in [3.63, 3.8) is 0 Å². The van der Waals surface area contributed by atoms with Crippen molar-refractivity contribution < 1.29 is 14.3 Å². The lowest BCUT2D eigenvalue weighted by Crippen LogP contribution is -2.25. The Morgan fingerprint density at radius 3 is 2.62 bits per heavy atom. The summed E-state index contributed by atoms with van der Waals surface area (Å²) in [6.45, 7) is 0.0672. The van der Waals surface area contributed by atoms with E-state index >= 15 is 0 Å². The number of nitrogens with one attached hydrogen (secondary N) is 1. The van der Waals surface area contributed by atoms with Crippen LogP contribution in [0.25, 0.3) is 11.3 Å². The van der Waals surface area contributed by atoms with Crippen LogP contribution in [-0.2, 0) is 4.79 Å². The summed E-state index contributed by atoms with van der Waals surface area (Å²) < 4.78 is 13.2. The number of fused-ring (bicyclic) bond motifs is 1. The number of aromatic nitrogens is 1. The van der Waals surface area contributed by atoms with E-state index in [-0.39, 0.29) is 12.5 Å². The number of amides is 1. The molecule has 0 radical (unpaired) electrons. The second-order valence-corrected chi connectivity index (χ2v) is 9.11. The van der Waals surface area contributed by atoms with Crippen LogP contribution in [-0.4, -0.2) is 24.2 Å². The summed E-state index contributed by atoms with van der Waals surface area (Å²) in [5, 5.41) is 5.11. The lowest BCUT2D eigenvalue weighted by molar-refractivity contribution is -0.118. The molecule has 6 nitrogen and oxygen atoms in total. The molecular weight excluding hydrogens is 422 g/mol. The molecule has 1 aliphatic carbocycles. The highest BCUT2D eigenvalue weighted by atomic mass is 32.1. The minimum atomic E-state index is -0.119. The van der Waals surface area contributed by atoms with Gasteiger partial charge in [0, 0.05) is 17.0 Å². The molecule has 1 amide bonds. The van der Waals surface area contributed by atoms with Crippen molar-refractivity contribution in [2.75, 3.05) is 19.0 Å². The number of ether oxygens (including phenoxy) is 2. The van der Waals surface area contributed by atoms with Gasteiger partial charge in [0.15, 0.2) is 11.4 Å². The van der Waals surface area contributed by atoms with Crippen molar-refractivity contribution >= 4 is 28.6 Å². The summed E-state index contributed by atoms with van der Waals surface area (Å²) in [7, 11) is 1.67. The van der Waals surface area contributed by atoms with Gasteiger partial charge in [-0.1, -0.05) is 25.7 Å². The fourth-order valence-electron chi connectivity index (χ4n) is 4.49. The van der Waals surface area contributed by atoms with E-state index in [1.807, 2.05) is 36.4 Å². The molecule has 2 heterocycles. The van der Waals surface area contributed by atoms with Gasteiger partial charge in [-0.3, -0.25) is 4.79 Å². The molecule has 1 N–H and O–H groups in total. The molecule has 1 aromatic heterocycles. The fraction of sp³-hybridized carbons (Fsp3) is 0.360. The van der Waals surface area contributed by atoms with Gasteiger partial charge in [-0.15, -0.1) is 11.3 Å². The highest BCUT2D eigenvalue weighted by Gasteiger charge is 2.22. The quantitative estimate of drug-likeness (QED) is 0.521. The molecular formula is C25H27N3O3S. The Labute approximate surface area is 191 Å². The zero-order chi connectivity index (χ0) is 21.9. The van der Waals surface area contributed by atoms with Crippen LogP contribution in [0.3, 0.4) is 0 Å². The SMILES string of the molecule is COc1ccc(N=c2scc(-c3ccc4c(c3)NC(=O)CO4)n2C2CCCCCC2)cc1. The van der Waals surface area contributed by atoms with Crippen molar-refractivity contribution in [1.82, 2.24) is 4.57 Å². The Morgan fingerprint density at radius 2 is 1.88 bits per heavy atom. The third-order valence-electron chi connectivity index (χ3n) is 6.14. The first-order valence-electron chi connectivity index (χ1n) is 11.2. The number of hydrogen-bond acceptors (Lipinski definition) is 5. The molecule has 166 valence electrons. The predicted octanol–water partition coefficient (Wildman–Crippen LogP) is 5.68. The number of rotatable bonds is 4. The Hall–Kier alpha value is -3.06. The number of carbonyl (C=O) groups excluding carboxylic acids is 1. The molecule has 2 aliphatic rings. The molecule has 0 unspecified atom stereocenters. The van der Waals surface area contributed by atoms with Crippen LogP contribution < -0.4 is 19.6 Å². The molecule has 7 heteroatoms. The third kappa shape index (κ3) is 4.30. The predicted molar refractivity (Wildman–Crippen MR) is 127 cm³/mol. The van der Waals surface area contributed by atoms with Crippen molar-refractivity contribution in [3.8, 4) is 22.8 Å². The highest BCUT2D eigenvalue weighted by molar-refractivity contribution is 7.07. The van der Waals surface area contributed by atoms with E-state index in [9.17, 15) is 4.79 Å². The third-order valence-corrected chi connectivity index (χ3v) is 6.98. The summed E-state index contributed by atoms with van der Waals surface area (Å²) in [6, 6.07) is 14.3. The first-order chi connectivity index (χ1) is 15.7. The van der Waals surface area contributed by atoms with Gasteiger partial charge in [0.1, 0.15) is 11.5 Å². The zero-order valence-corrected chi connectivity index (χ0v) is 19.0. The van der Waals surface area contributed by atoms with Crippen LogP contribution in [0.1, 0.15) is 44.6 Å². The molecule has 1 fully saturated rings. The average Bonchev–Trinajstić information content (AvgIpc) is 3.04. The van der Waals surface area contributed by atoms with Gasteiger partial charge in [0.2, 0.25) is 0 Å². The van der Waals surface area contributed by atoms with Gasteiger partial charge < -0.3 is 19.4 Å². The van der Waals surface area contributed by atoms with Crippen LogP contribution in [0.5, 0.6) is 11.5 Å². The first-order valence-corrected chi connectivity index (χ1v) is 12.0. The van der Waals surface area contributed by atoms with E-state index in [1.165, 1.54) is 25.7 Å². The van der Waals surface area contributed by atoms with Crippen LogP contribution >= 0.6 is 11.3 Å². The molecule has 1 aliphatic heterocycles. The molecule has 0 spiro atoms. The summed E-state index contributed by atoms with van der Waals surface area (Å²) >= 11 is 1.66. The van der Waals surface area contributed by atoms with Gasteiger partial charge in [-0.2, -0.15) is 0 Å². The minimum Gasteiger partial charge on any atom is -0.497 e. The van der Waals surface area contributed by atoms with Gasteiger partial charge in [0.05, 0.1) is 24.2 Å². The smallest absolute Gasteiger partial charge is 0.262 e. The van der Waals surface area contributed by atoms with Crippen molar-refractivity contribution in [1.29, 1.82) is 0 Å². The number of carbonyl (C=O) groups is 1.